The third-order valence-corrected chi connectivity index (χ3v) is 2.35. The predicted octanol–water partition coefficient (Wildman–Crippen LogP) is 2.17. The highest BCUT2D eigenvalue weighted by Gasteiger charge is 2.07. The van der Waals surface area contributed by atoms with E-state index in [9.17, 15) is 0 Å². The van der Waals surface area contributed by atoms with E-state index in [2.05, 4.69) is 22.4 Å². The Labute approximate surface area is 88.5 Å². The maximum absolute atomic E-state index is 5.84. The van der Waals surface area contributed by atoms with Crippen molar-refractivity contribution in [3.8, 4) is 0 Å². The van der Waals surface area contributed by atoms with E-state index in [1.807, 2.05) is 30.5 Å². The highest BCUT2D eigenvalue weighted by molar-refractivity contribution is 5.66. The molecule has 0 bridgehead atoms. The topological polar surface area (TPSA) is 66.7 Å². The smallest absolute Gasteiger partial charge is 0.0578 e. The molecule has 4 N–H and O–H groups in total. The van der Waals surface area contributed by atoms with Crippen LogP contribution in [0.5, 0.6) is 0 Å². The number of aromatic amines is 1. The molecule has 0 saturated carbocycles. The highest BCUT2D eigenvalue weighted by Crippen LogP contribution is 2.22. The molecule has 4 nitrogen and oxygen atoms in total. The largest absolute Gasteiger partial charge is 0.397 e. The zero-order valence-corrected chi connectivity index (χ0v) is 8.57. The average Bonchev–Trinajstić information content (AvgIpc) is 2.74. The Bertz CT molecular complexity index is 422. The molecule has 78 valence electrons. The minimum Gasteiger partial charge on any atom is -0.397 e. The molecule has 15 heavy (non-hydrogen) atoms. The number of hydrogen-bond acceptors (Lipinski definition) is 3. The molecule has 0 aliphatic rings. The Hall–Kier alpha value is -1.97. The summed E-state index contributed by atoms with van der Waals surface area (Å²) in [5, 5.41) is 10.0. The normalized spacial score (nSPS) is 12.3. The first kappa shape index (κ1) is 9.58. The van der Waals surface area contributed by atoms with Crippen LogP contribution < -0.4 is 11.1 Å². The van der Waals surface area contributed by atoms with Gasteiger partial charge in [-0.1, -0.05) is 12.1 Å². The van der Waals surface area contributed by atoms with Gasteiger partial charge in [0, 0.05) is 11.8 Å². The molecule has 1 heterocycles. The van der Waals surface area contributed by atoms with E-state index in [-0.39, 0.29) is 6.04 Å². The van der Waals surface area contributed by atoms with Gasteiger partial charge in [-0.05, 0) is 19.1 Å². The molecular formula is C11H14N4. The Kier molecular flexibility index (Phi) is 2.58. The number of nitrogens with two attached hydrogens (primary N) is 1. The summed E-state index contributed by atoms with van der Waals surface area (Å²) in [6.45, 7) is 2.07. The molecule has 0 saturated heterocycles. The van der Waals surface area contributed by atoms with E-state index in [1.54, 1.807) is 6.20 Å². The van der Waals surface area contributed by atoms with Crippen molar-refractivity contribution in [2.45, 2.75) is 13.0 Å². The average molecular weight is 202 g/mol. The van der Waals surface area contributed by atoms with Crippen molar-refractivity contribution in [3.05, 3.63) is 42.2 Å². The van der Waals surface area contributed by atoms with Gasteiger partial charge in [-0.15, -0.1) is 0 Å². The van der Waals surface area contributed by atoms with E-state index in [4.69, 9.17) is 5.73 Å². The van der Waals surface area contributed by atoms with E-state index < -0.39 is 0 Å². The van der Waals surface area contributed by atoms with E-state index >= 15 is 0 Å². The van der Waals surface area contributed by atoms with Crippen molar-refractivity contribution in [1.82, 2.24) is 10.2 Å². The quantitative estimate of drug-likeness (QED) is 0.668. The van der Waals surface area contributed by atoms with Crippen LogP contribution in [0.25, 0.3) is 0 Å². The van der Waals surface area contributed by atoms with Gasteiger partial charge in [0.2, 0.25) is 0 Å². The van der Waals surface area contributed by atoms with Gasteiger partial charge >= 0.3 is 0 Å². The van der Waals surface area contributed by atoms with E-state index in [0.29, 0.717) is 0 Å². The van der Waals surface area contributed by atoms with Crippen molar-refractivity contribution in [3.63, 3.8) is 0 Å². The third-order valence-electron chi connectivity index (χ3n) is 2.35. The van der Waals surface area contributed by atoms with Gasteiger partial charge in [0.15, 0.2) is 0 Å². The van der Waals surface area contributed by atoms with Gasteiger partial charge in [-0.25, -0.2) is 0 Å². The fourth-order valence-corrected chi connectivity index (χ4v) is 1.44. The minimum atomic E-state index is 0.188. The van der Waals surface area contributed by atoms with Crippen LogP contribution in [0, 0.1) is 0 Å². The van der Waals surface area contributed by atoms with Gasteiger partial charge in [-0.2, -0.15) is 5.10 Å². The Morgan fingerprint density at radius 3 is 2.87 bits per heavy atom. The zero-order chi connectivity index (χ0) is 10.7. The number of aromatic nitrogens is 2. The molecule has 4 heteroatoms. The van der Waals surface area contributed by atoms with Crippen LogP contribution in [0.15, 0.2) is 36.7 Å². The third kappa shape index (κ3) is 2.10. The van der Waals surface area contributed by atoms with Crippen LogP contribution in [0.4, 0.5) is 11.4 Å². The molecule has 0 amide bonds. The first-order valence-corrected chi connectivity index (χ1v) is 4.87. The number of benzene rings is 1. The molecule has 1 aromatic carbocycles. The number of nitrogens with one attached hydrogen (secondary N) is 2. The fraction of sp³-hybridized carbons (Fsp3) is 0.182. The summed E-state index contributed by atoms with van der Waals surface area (Å²) < 4.78 is 0. The predicted molar refractivity (Wildman–Crippen MR) is 61.5 cm³/mol. The van der Waals surface area contributed by atoms with Crippen LogP contribution in [0.2, 0.25) is 0 Å². The van der Waals surface area contributed by atoms with Crippen LogP contribution in [0.1, 0.15) is 18.5 Å². The summed E-state index contributed by atoms with van der Waals surface area (Å²) in [6, 6.07) is 7.91. The minimum absolute atomic E-state index is 0.188. The van der Waals surface area contributed by atoms with Gasteiger partial charge in [0.1, 0.15) is 0 Å². The van der Waals surface area contributed by atoms with E-state index in [0.717, 1.165) is 16.9 Å². The lowest BCUT2D eigenvalue weighted by Crippen LogP contribution is -2.07. The maximum Gasteiger partial charge on any atom is 0.0578 e. The van der Waals surface area contributed by atoms with Crippen LogP contribution >= 0.6 is 0 Å². The van der Waals surface area contributed by atoms with Crippen molar-refractivity contribution >= 4 is 11.4 Å². The summed E-state index contributed by atoms with van der Waals surface area (Å²) >= 11 is 0. The number of H-pyrrole nitrogens is 1. The maximum atomic E-state index is 5.84. The lowest BCUT2D eigenvalue weighted by Gasteiger charge is -2.14. The number of para-hydroxylation sites is 2. The lowest BCUT2D eigenvalue weighted by atomic mass is 10.1. The Morgan fingerprint density at radius 1 is 1.40 bits per heavy atom. The van der Waals surface area contributed by atoms with Gasteiger partial charge in [0.05, 0.1) is 23.6 Å². The monoisotopic (exact) mass is 202 g/mol. The van der Waals surface area contributed by atoms with Crippen LogP contribution in [0.3, 0.4) is 0 Å². The molecular weight excluding hydrogens is 188 g/mol. The van der Waals surface area contributed by atoms with Gasteiger partial charge in [-0.3, -0.25) is 5.10 Å². The summed E-state index contributed by atoms with van der Waals surface area (Å²) in [7, 11) is 0. The molecule has 2 rings (SSSR count). The fourth-order valence-electron chi connectivity index (χ4n) is 1.44. The molecule has 2 aromatic rings. The summed E-state index contributed by atoms with van der Waals surface area (Å²) in [4.78, 5) is 0. The van der Waals surface area contributed by atoms with E-state index in [1.165, 1.54) is 0 Å². The zero-order valence-electron chi connectivity index (χ0n) is 8.57. The molecule has 1 aromatic heterocycles. The lowest BCUT2D eigenvalue weighted by molar-refractivity contribution is 0.887. The van der Waals surface area contributed by atoms with Crippen molar-refractivity contribution in [2.75, 3.05) is 11.1 Å². The number of anilines is 2. The molecule has 0 radical (unpaired) electrons. The summed E-state index contributed by atoms with van der Waals surface area (Å²) in [6.07, 6.45) is 3.67. The SMILES string of the molecule is CC(Nc1ccccc1N)c1cn[nH]c1. The molecule has 1 atom stereocenters. The standard InChI is InChI=1S/C11H14N4/c1-8(9-6-13-14-7-9)15-11-5-3-2-4-10(11)12/h2-8,15H,12H2,1H3,(H,13,14). The first-order chi connectivity index (χ1) is 7.27. The van der Waals surface area contributed by atoms with Crippen molar-refractivity contribution in [2.24, 2.45) is 0 Å². The second kappa shape index (κ2) is 4.04. The Morgan fingerprint density at radius 2 is 2.20 bits per heavy atom. The number of nitrogen functional groups attached to an aromatic ring is 1. The molecule has 0 aliphatic carbocycles. The van der Waals surface area contributed by atoms with Gasteiger partial charge < -0.3 is 11.1 Å². The van der Waals surface area contributed by atoms with Gasteiger partial charge in [0.25, 0.3) is 0 Å². The molecule has 0 spiro atoms. The van der Waals surface area contributed by atoms with Crippen molar-refractivity contribution < 1.29 is 0 Å². The number of rotatable bonds is 3. The van der Waals surface area contributed by atoms with Crippen LogP contribution in [-0.2, 0) is 0 Å². The first-order valence-electron chi connectivity index (χ1n) is 4.87. The second-order valence-electron chi connectivity index (χ2n) is 3.48. The number of hydrogen-bond donors (Lipinski definition) is 3. The number of nitrogens with zero attached hydrogens (tertiary/aromatic N) is 1. The summed E-state index contributed by atoms with van der Waals surface area (Å²) in [5.41, 5.74) is 8.65. The molecule has 0 fully saturated rings. The molecule has 1 unspecified atom stereocenters. The van der Waals surface area contributed by atoms with Crippen LogP contribution in [-0.4, -0.2) is 10.2 Å². The summed E-state index contributed by atoms with van der Waals surface area (Å²) in [5.74, 6) is 0. The Balaban J connectivity index is 2.13. The second-order valence-corrected chi connectivity index (χ2v) is 3.48. The van der Waals surface area contributed by atoms with Crippen molar-refractivity contribution in [1.29, 1.82) is 0 Å². The molecule has 0 aliphatic heterocycles. The highest BCUT2D eigenvalue weighted by atomic mass is 15.1.